The maximum Gasteiger partial charge on any atom is 0.279 e. The number of aromatic nitrogens is 1. The molecule has 9 heteroatoms. The van der Waals surface area contributed by atoms with Crippen LogP contribution in [0.3, 0.4) is 0 Å². The largest absolute Gasteiger partial charge is 0.495 e. The smallest absolute Gasteiger partial charge is 0.279 e. The van der Waals surface area contributed by atoms with E-state index in [1.165, 1.54) is 39.9 Å². The third kappa shape index (κ3) is 4.37. The summed E-state index contributed by atoms with van der Waals surface area (Å²) in [5, 5.41) is 0. The van der Waals surface area contributed by atoms with Gasteiger partial charge in [-0.1, -0.05) is 30.2 Å². The average molecular weight is 488 g/mol. The van der Waals surface area contributed by atoms with Gasteiger partial charge in [0.15, 0.2) is 4.80 Å². The van der Waals surface area contributed by atoms with E-state index in [4.69, 9.17) is 4.74 Å². The molecule has 0 atom stereocenters. The van der Waals surface area contributed by atoms with Crippen molar-refractivity contribution in [2.75, 3.05) is 14.2 Å². The molecule has 0 radical (unpaired) electrons. The van der Waals surface area contributed by atoms with Crippen molar-refractivity contribution in [1.82, 2.24) is 8.87 Å². The van der Waals surface area contributed by atoms with Gasteiger partial charge in [0.1, 0.15) is 11.3 Å². The van der Waals surface area contributed by atoms with Crippen LogP contribution >= 0.6 is 11.3 Å². The van der Waals surface area contributed by atoms with Crippen LogP contribution in [0.25, 0.3) is 10.2 Å². The average Bonchev–Trinajstić information content (AvgIpc) is 3.47. The number of carbonyl (C=O) groups excluding carboxylic acids is 1. The first-order chi connectivity index (χ1) is 15.8. The molecule has 0 spiro atoms. The molecule has 1 heterocycles. The molecule has 7 nitrogen and oxygen atoms in total. The molecule has 1 aliphatic rings. The summed E-state index contributed by atoms with van der Waals surface area (Å²) in [5.41, 5.74) is 2.36. The predicted octanol–water partition coefficient (Wildman–Crippen LogP) is 4.34. The first-order valence-corrected chi connectivity index (χ1v) is 13.4. The van der Waals surface area contributed by atoms with E-state index >= 15 is 0 Å². The van der Waals surface area contributed by atoms with Crippen LogP contribution in [0.1, 0.15) is 48.5 Å². The third-order valence-electron chi connectivity index (χ3n) is 6.34. The Morgan fingerprint density at radius 2 is 1.85 bits per heavy atom. The number of nitrogens with zero attached hydrogens (tertiary/aromatic N) is 3. The number of thiazole rings is 1. The molecule has 3 aromatic rings. The molecule has 1 fully saturated rings. The molecule has 2 aromatic carbocycles. The first kappa shape index (κ1) is 23.7. The molecular weight excluding hydrogens is 458 g/mol. The summed E-state index contributed by atoms with van der Waals surface area (Å²) in [6.45, 7) is 4.65. The molecule has 1 amide bonds. The van der Waals surface area contributed by atoms with E-state index in [9.17, 15) is 13.2 Å². The van der Waals surface area contributed by atoms with Crippen LogP contribution in [0.5, 0.6) is 5.75 Å². The molecule has 0 N–H and O–H groups in total. The molecule has 1 aromatic heterocycles. The number of sulfonamides is 1. The van der Waals surface area contributed by atoms with Crippen molar-refractivity contribution >= 4 is 37.5 Å². The fraction of sp³-hybridized carbons (Fsp3) is 0.417. The van der Waals surface area contributed by atoms with Gasteiger partial charge in [-0.05, 0) is 62.6 Å². The number of carbonyl (C=O) groups is 1. The second kappa shape index (κ2) is 9.40. The van der Waals surface area contributed by atoms with Crippen molar-refractivity contribution in [3.63, 3.8) is 0 Å². The van der Waals surface area contributed by atoms with Crippen LogP contribution in [0, 0.1) is 6.92 Å². The Morgan fingerprint density at radius 1 is 1.18 bits per heavy atom. The monoisotopic (exact) mass is 487 g/mol. The molecule has 33 heavy (non-hydrogen) atoms. The molecule has 0 bridgehead atoms. The lowest BCUT2D eigenvalue weighted by atomic mass is 10.2. The number of hydrogen-bond donors (Lipinski definition) is 0. The summed E-state index contributed by atoms with van der Waals surface area (Å²) < 4.78 is 35.9. The number of methoxy groups -OCH3 is 1. The topological polar surface area (TPSA) is 81.0 Å². The van der Waals surface area contributed by atoms with Gasteiger partial charge in [-0.15, -0.1) is 0 Å². The number of ether oxygens (including phenoxy) is 1. The molecule has 1 saturated carbocycles. The van der Waals surface area contributed by atoms with Crippen LogP contribution in [-0.4, -0.2) is 43.4 Å². The second-order valence-electron chi connectivity index (χ2n) is 8.29. The zero-order chi connectivity index (χ0) is 23.8. The van der Waals surface area contributed by atoms with Gasteiger partial charge in [-0.3, -0.25) is 4.79 Å². The van der Waals surface area contributed by atoms with Gasteiger partial charge in [-0.25, -0.2) is 8.42 Å². The minimum atomic E-state index is -3.59. The highest BCUT2D eigenvalue weighted by Gasteiger charge is 2.30. The van der Waals surface area contributed by atoms with Crippen molar-refractivity contribution in [1.29, 1.82) is 0 Å². The predicted molar refractivity (Wildman–Crippen MR) is 130 cm³/mol. The standard InChI is InChI=1S/C24H29N3O4S2/c1-5-27-21-20(31-4)15-10-16(2)22(21)32-24(27)25-23(28)17-11-13-19(14-12-17)33(29,30)26(3)18-8-6-7-9-18/h10-15,18H,5-9H2,1-4H3. The lowest BCUT2D eigenvalue weighted by Crippen LogP contribution is -2.35. The second-order valence-corrected chi connectivity index (χ2v) is 11.3. The summed E-state index contributed by atoms with van der Waals surface area (Å²) in [4.78, 5) is 18.1. The van der Waals surface area contributed by atoms with E-state index in [0.29, 0.717) is 16.9 Å². The van der Waals surface area contributed by atoms with Gasteiger partial charge < -0.3 is 9.30 Å². The Hall–Kier alpha value is -2.49. The van der Waals surface area contributed by atoms with Gasteiger partial charge >= 0.3 is 0 Å². The maximum atomic E-state index is 13.0. The van der Waals surface area contributed by atoms with Crippen molar-refractivity contribution < 1.29 is 17.9 Å². The van der Waals surface area contributed by atoms with Crippen LogP contribution in [0.15, 0.2) is 46.3 Å². The molecule has 1 aliphatic carbocycles. The number of aryl methyl sites for hydroxylation is 2. The summed E-state index contributed by atoms with van der Waals surface area (Å²) in [6, 6.07) is 10.0. The molecule has 0 unspecified atom stereocenters. The SMILES string of the molecule is CCn1c(=NC(=O)c2ccc(S(=O)(=O)N(C)C3CCCC3)cc2)sc2c(C)ccc(OC)c21. The van der Waals surface area contributed by atoms with E-state index < -0.39 is 15.9 Å². The van der Waals surface area contributed by atoms with Crippen molar-refractivity contribution in [3.05, 3.63) is 52.3 Å². The summed E-state index contributed by atoms with van der Waals surface area (Å²) in [6.07, 6.45) is 3.89. The Balaban J connectivity index is 1.67. The first-order valence-electron chi connectivity index (χ1n) is 11.1. The van der Waals surface area contributed by atoms with Crippen LogP contribution < -0.4 is 9.54 Å². The van der Waals surface area contributed by atoms with Gasteiger partial charge in [0.2, 0.25) is 10.0 Å². The molecular formula is C24H29N3O4S2. The van der Waals surface area contributed by atoms with Crippen LogP contribution in [-0.2, 0) is 16.6 Å². The Bertz CT molecular complexity index is 1350. The van der Waals surface area contributed by atoms with E-state index in [2.05, 4.69) is 4.99 Å². The van der Waals surface area contributed by atoms with Crippen LogP contribution in [0.2, 0.25) is 0 Å². The van der Waals surface area contributed by atoms with Crippen molar-refractivity contribution in [2.24, 2.45) is 4.99 Å². The third-order valence-corrected chi connectivity index (χ3v) is 9.47. The van der Waals surface area contributed by atoms with Gasteiger partial charge in [0.25, 0.3) is 5.91 Å². The quantitative estimate of drug-likeness (QED) is 0.518. The lowest BCUT2D eigenvalue weighted by molar-refractivity contribution is 0.0997. The Morgan fingerprint density at radius 3 is 2.45 bits per heavy atom. The highest BCUT2D eigenvalue weighted by Crippen LogP contribution is 2.30. The fourth-order valence-electron chi connectivity index (χ4n) is 4.37. The van der Waals surface area contributed by atoms with Crippen LogP contribution in [0.4, 0.5) is 0 Å². The van der Waals surface area contributed by atoms with Crippen molar-refractivity contribution in [2.45, 2.75) is 57.0 Å². The van der Waals surface area contributed by atoms with E-state index in [1.807, 2.05) is 30.5 Å². The molecule has 176 valence electrons. The van der Waals surface area contributed by atoms with E-state index in [-0.39, 0.29) is 10.9 Å². The minimum absolute atomic E-state index is 0.0456. The minimum Gasteiger partial charge on any atom is -0.495 e. The van der Waals surface area contributed by atoms with Crippen molar-refractivity contribution in [3.8, 4) is 5.75 Å². The maximum absolute atomic E-state index is 13.0. The Labute approximate surface area is 198 Å². The number of fused-ring (bicyclic) bond motifs is 1. The van der Waals surface area contributed by atoms with Gasteiger partial charge in [0.05, 0.1) is 16.7 Å². The normalized spacial score (nSPS) is 15.6. The highest BCUT2D eigenvalue weighted by atomic mass is 32.2. The molecule has 0 saturated heterocycles. The summed E-state index contributed by atoms with van der Waals surface area (Å²) >= 11 is 1.45. The number of hydrogen-bond acceptors (Lipinski definition) is 5. The summed E-state index contributed by atoms with van der Waals surface area (Å²) in [7, 11) is -0.320. The van der Waals surface area contributed by atoms with Gasteiger partial charge in [-0.2, -0.15) is 9.30 Å². The highest BCUT2D eigenvalue weighted by molar-refractivity contribution is 7.89. The van der Waals surface area contributed by atoms with Gasteiger partial charge in [0, 0.05) is 25.2 Å². The molecule has 4 rings (SSSR count). The fourth-order valence-corrected chi connectivity index (χ4v) is 6.97. The number of benzene rings is 2. The van der Waals surface area contributed by atoms with E-state index in [0.717, 1.165) is 47.2 Å². The zero-order valence-electron chi connectivity index (χ0n) is 19.4. The number of rotatable bonds is 6. The lowest BCUT2D eigenvalue weighted by Gasteiger charge is -2.23. The zero-order valence-corrected chi connectivity index (χ0v) is 21.0. The molecule has 0 aliphatic heterocycles. The van der Waals surface area contributed by atoms with E-state index in [1.54, 1.807) is 14.2 Å². The number of amides is 1. The summed E-state index contributed by atoms with van der Waals surface area (Å²) in [5.74, 6) is 0.331. The Kier molecular flexibility index (Phi) is 6.74.